The molecule has 2 aromatic heterocycles. The van der Waals surface area contributed by atoms with Crippen molar-refractivity contribution in [3.05, 3.63) is 73.1 Å². The normalized spacial score (nSPS) is 11.7. The molecule has 2 heterocycles. The van der Waals surface area contributed by atoms with Crippen LogP contribution >= 0.6 is 11.3 Å². The molecule has 0 spiro atoms. The maximum absolute atomic E-state index is 12.5. The van der Waals surface area contributed by atoms with Crippen LogP contribution in [0.1, 0.15) is 15.2 Å². The van der Waals surface area contributed by atoms with Crippen molar-refractivity contribution in [1.82, 2.24) is 9.78 Å². The Bertz CT molecular complexity index is 997. The van der Waals surface area contributed by atoms with Gasteiger partial charge in [-0.15, -0.1) is 11.3 Å². The summed E-state index contributed by atoms with van der Waals surface area (Å²) in [4.78, 5) is 24.5. The van der Waals surface area contributed by atoms with Crippen LogP contribution in [-0.2, 0) is 0 Å². The van der Waals surface area contributed by atoms with Crippen molar-refractivity contribution in [2.24, 2.45) is 0 Å². The average molecular weight is 312 g/mol. The lowest BCUT2D eigenvalue weighted by molar-refractivity contribution is 0.0697. The molecule has 0 aliphatic carbocycles. The summed E-state index contributed by atoms with van der Waals surface area (Å²) in [6, 6.07) is 9.99. The highest BCUT2D eigenvalue weighted by Crippen LogP contribution is 2.08. The molecule has 1 aromatic carbocycles. The molecule has 0 radical (unpaired) electrons. The number of hydrogen-bond acceptors (Lipinski definition) is 3. The summed E-state index contributed by atoms with van der Waals surface area (Å²) in [5.74, 6) is -1.04. The van der Waals surface area contributed by atoms with Gasteiger partial charge >= 0.3 is 5.97 Å². The van der Waals surface area contributed by atoms with Crippen LogP contribution in [0.2, 0.25) is 0 Å². The van der Waals surface area contributed by atoms with E-state index >= 15 is 0 Å². The average Bonchev–Trinajstić information content (AvgIpc) is 3.11. The maximum atomic E-state index is 12.5. The molecular formula is C16H12N2O3S. The Morgan fingerprint density at radius 1 is 1.32 bits per heavy atom. The molecule has 0 saturated heterocycles. The van der Waals surface area contributed by atoms with Gasteiger partial charge in [-0.1, -0.05) is 18.7 Å². The fourth-order valence-corrected chi connectivity index (χ4v) is 2.78. The molecule has 0 amide bonds. The molecule has 22 heavy (non-hydrogen) atoms. The Labute approximate surface area is 129 Å². The zero-order chi connectivity index (χ0) is 15.7. The van der Waals surface area contributed by atoms with Gasteiger partial charge in [0.2, 0.25) is 0 Å². The fraction of sp³-hybridized carbons (Fsp3) is 0. The molecule has 0 aliphatic heterocycles. The van der Waals surface area contributed by atoms with Crippen molar-refractivity contribution in [2.75, 3.05) is 0 Å². The first kappa shape index (κ1) is 14.1. The van der Waals surface area contributed by atoms with E-state index in [0.717, 1.165) is 4.88 Å². The zero-order valence-corrected chi connectivity index (χ0v) is 12.3. The molecule has 3 aromatic rings. The minimum Gasteiger partial charge on any atom is -0.478 e. The second-order valence-corrected chi connectivity index (χ2v) is 5.64. The summed E-state index contributed by atoms with van der Waals surface area (Å²) in [5, 5.41) is 14.8. The van der Waals surface area contributed by atoms with Crippen LogP contribution in [0.5, 0.6) is 0 Å². The molecule has 0 bridgehead atoms. The number of H-pyrrole nitrogens is 1. The first-order valence-corrected chi connectivity index (χ1v) is 7.33. The van der Waals surface area contributed by atoms with Crippen LogP contribution in [0.25, 0.3) is 18.3 Å². The van der Waals surface area contributed by atoms with Gasteiger partial charge in [-0.25, -0.2) is 9.48 Å². The van der Waals surface area contributed by atoms with E-state index in [-0.39, 0.29) is 11.1 Å². The first-order chi connectivity index (χ1) is 10.6. The lowest BCUT2D eigenvalue weighted by atomic mass is 10.2. The summed E-state index contributed by atoms with van der Waals surface area (Å²) in [5.41, 5.74) is 0.315. The van der Waals surface area contributed by atoms with E-state index in [1.807, 2.05) is 17.5 Å². The Morgan fingerprint density at radius 2 is 2.14 bits per heavy atom. The molecule has 0 fully saturated rings. The Morgan fingerprint density at radius 3 is 2.82 bits per heavy atom. The second kappa shape index (κ2) is 5.50. The molecule has 6 heteroatoms. The number of rotatable bonds is 3. The van der Waals surface area contributed by atoms with Gasteiger partial charge in [-0.2, -0.15) is 0 Å². The molecular weight excluding hydrogens is 300 g/mol. The topological polar surface area (TPSA) is 75.1 Å². The van der Waals surface area contributed by atoms with E-state index in [9.17, 15) is 9.59 Å². The lowest BCUT2D eigenvalue weighted by Gasteiger charge is -2.02. The molecule has 0 saturated carbocycles. The van der Waals surface area contributed by atoms with Crippen LogP contribution in [0.4, 0.5) is 0 Å². The van der Waals surface area contributed by atoms with Crippen LogP contribution in [0, 0.1) is 0 Å². The largest absolute Gasteiger partial charge is 0.478 e. The highest BCUT2D eigenvalue weighted by atomic mass is 32.1. The zero-order valence-electron chi connectivity index (χ0n) is 11.4. The summed E-state index contributed by atoms with van der Waals surface area (Å²) < 4.78 is 1.30. The lowest BCUT2D eigenvalue weighted by Crippen LogP contribution is -2.33. The molecule has 0 unspecified atom stereocenters. The number of carbonyl (C=O) groups is 1. The molecule has 2 N–H and O–H groups in total. The van der Waals surface area contributed by atoms with E-state index in [4.69, 9.17) is 5.11 Å². The number of nitrogens with zero attached hydrogens (tertiary/aromatic N) is 1. The minimum absolute atomic E-state index is 0.119. The predicted molar refractivity (Wildman–Crippen MR) is 86.0 cm³/mol. The molecule has 110 valence electrons. The van der Waals surface area contributed by atoms with Gasteiger partial charge in [0.25, 0.3) is 5.56 Å². The van der Waals surface area contributed by atoms with Crippen LogP contribution in [0.15, 0.2) is 46.6 Å². The number of aromatic amines is 1. The van der Waals surface area contributed by atoms with Gasteiger partial charge < -0.3 is 5.11 Å². The molecule has 3 rings (SSSR count). The van der Waals surface area contributed by atoms with Crippen molar-refractivity contribution in [1.29, 1.82) is 0 Å². The number of nitrogens with one attached hydrogen (secondary N) is 1. The van der Waals surface area contributed by atoms with Crippen LogP contribution in [0.3, 0.4) is 0 Å². The van der Waals surface area contributed by atoms with Gasteiger partial charge in [0, 0.05) is 4.88 Å². The number of aromatic carboxylic acids is 1. The molecule has 0 aliphatic rings. The predicted octanol–water partition coefficient (Wildman–Crippen LogP) is 1.16. The van der Waals surface area contributed by atoms with E-state index < -0.39 is 5.97 Å². The summed E-state index contributed by atoms with van der Waals surface area (Å²) in [7, 11) is 0. The van der Waals surface area contributed by atoms with Gasteiger partial charge in [-0.3, -0.25) is 9.89 Å². The Balaban J connectivity index is 2.19. The van der Waals surface area contributed by atoms with E-state index in [2.05, 4.69) is 11.7 Å². The quantitative estimate of drug-likeness (QED) is 0.762. The third kappa shape index (κ3) is 2.51. The van der Waals surface area contributed by atoms with Crippen molar-refractivity contribution in [3.63, 3.8) is 0 Å². The van der Waals surface area contributed by atoms with Crippen molar-refractivity contribution in [3.8, 4) is 5.69 Å². The van der Waals surface area contributed by atoms with Crippen molar-refractivity contribution >= 4 is 30.0 Å². The van der Waals surface area contributed by atoms with Crippen LogP contribution < -0.4 is 16.1 Å². The highest BCUT2D eigenvalue weighted by molar-refractivity contribution is 7.10. The van der Waals surface area contributed by atoms with Gasteiger partial charge in [0.15, 0.2) is 0 Å². The maximum Gasteiger partial charge on any atom is 0.335 e. The summed E-state index contributed by atoms with van der Waals surface area (Å²) in [6.07, 6.45) is 1.77. The SMILES string of the molecule is C=c1[nH]n(-c2cccc(C(=O)O)c2)c(=O)c1=Cc1cccs1. The molecule has 5 nitrogen and oxygen atoms in total. The third-order valence-electron chi connectivity index (χ3n) is 3.19. The van der Waals surface area contributed by atoms with Gasteiger partial charge in [0.1, 0.15) is 0 Å². The minimum atomic E-state index is -1.04. The van der Waals surface area contributed by atoms with Crippen molar-refractivity contribution in [2.45, 2.75) is 0 Å². The number of hydrogen-bond donors (Lipinski definition) is 2. The number of thiophene rings is 1. The fourth-order valence-electron chi connectivity index (χ4n) is 2.12. The van der Waals surface area contributed by atoms with E-state index in [1.54, 1.807) is 18.2 Å². The Kier molecular flexibility index (Phi) is 3.52. The van der Waals surface area contributed by atoms with Crippen LogP contribution in [-0.4, -0.2) is 20.9 Å². The van der Waals surface area contributed by atoms with Gasteiger partial charge in [-0.05, 0) is 35.7 Å². The molecule has 0 atom stereocenters. The Hall–Kier alpha value is -2.86. The van der Waals surface area contributed by atoms with E-state index in [0.29, 0.717) is 16.3 Å². The highest BCUT2D eigenvalue weighted by Gasteiger charge is 2.08. The third-order valence-corrected chi connectivity index (χ3v) is 4.01. The van der Waals surface area contributed by atoms with Crippen molar-refractivity contribution < 1.29 is 9.90 Å². The number of aromatic nitrogens is 2. The number of carboxylic acid groups (broad SMARTS) is 1. The summed E-state index contributed by atoms with van der Waals surface area (Å²) >= 11 is 1.52. The standard InChI is InChI=1S/C16H12N2O3S/c1-10-14(9-13-6-3-7-22-13)15(19)18(17-10)12-5-2-4-11(8-12)16(20)21/h2-9,17H,1H2,(H,20,21). The summed E-state index contributed by atoms with van der Waals surface area (Å²) in [6.45, 7) is 3.85. The number of benzene rings is 1. The van der Waals surface area contributed by atoms with E-state index in [1.165, 1.54) is 28.2 Å². The number of carboxylic acids is 1. The van der Waals surface area contributed by atoms with Gasteiger partial charge in [0.05, 0.1) is 21.8 Å². The monoisotopic (exact) mass is 312 g/mol. The smallest absolute Gasteiger partial charge is 0.335 e. The first-order valence-electron chi connectivity index (χ1n) is 6.45. The second-order valence-electron chi connectivity index (χ2n) is 4.66.